The summed E-state index contributed by atoms with van der Waals surface area (Å²) in [6, 6.07) is 11.0. The zero-order valence-corrected chi connectivity index (χ0v) is 11.4. The van der Waals surface area contributed by atoms with E-state index in [1.807, 2.05) is 38.1 Å². The van der Waals surface area contributed by atoms with E-state index in [1.165, 1.54) is 0 Å². The van der Waals surface area contributed by atoms with E-state index in [9.17, 15) is 10.3 Å². The van der Waals surface area contributed by atoms with Gasteiger partial charge in [0.2, 0.25) is 0 Å². The molecule has 20 heavy (non-hydrogen) atoms. The minimum Gasteiger partial charge on any atom is -0.508 e. The molecule has 4 heteroatoms. The van der Waals surface area contributed by atoms with Gasteiger partial charge in [0.1, 0.15) is 5.75 Å². The van der Waals surface area contributed by atoms with Crippen LogP contribution in [0.25, 0.3) is 10.9 Å². The molecule has 1 heterocycles. The highest BCUT2D eigenvalue weighted by molar-refractivity contribution is 5.94. The fraction of sp³-hybridized carbons (Fsp3) is 0.125. The van der Waals surface area contributed by atoms with Gasteiger partial charge >= 0.3 is 0 Å². The first-order valence-corrected chi connectivity index (χ1v) is 6.43. The lowest BCUT2D eigenvalue weighted by atomic mass is 10.1. The Morgan fingerprint density at radius 1 is 1.05 bits per heavy atom. The number of hydrogen-bond acceptors (Lipinski definition) is 3. The fourth-order valence-corrected chi connectivity index (χ4v) is 2.53. The Hall–Kier alpha value is -2.62. The summed E-state index contributed by atoms with van der Waals surface area (Å²) in [6.45, 7) is 3.90. The third-order valence-electron chi connectivity index (χ3n) is 3.49. The van der Waals surface area contributed by atoms with E-state index in [1.54, 1.807) is 18.3 Å². The van der Waals surface area contributed by atoms with Gasteiger partial charge in [-0.05, 0) is 55.3 Å². The third-order valence-corrected chi connectivity index (χ3v) is 3.49. The van der Waals surface area contributed by atoms with E-state index >= 15 is 0 Å². The van der Waals surface area contributed by atoms with Gasteiger partial charge in [-0.15, -0.1) is 0 Å². The maximum Gasteiger partial charge on any atom is 0.116 e. The van der Waals surface area contributed by atoms with Crippen LogP contribution in [0.15, 0.2) is 42.6 Å². The van der Waals surface area contributed by atoms with Crippen molar-refractivity contribution in [2.24, 2.45) is 0 Å². The number of fused-ring (bicyclic) bond motifs is 1. The van der Waals surface area contributed by atoms with Crippen LogP contribution in [0.4, 0.5) is 11.4 Å². The molecule has 102 valence electrons. The van der Waals surface area contributed by atoms with Gasteiger partial charge in [-0.3, -0.25) is 0 Å². The summed E-state index contributed by atoms with van der Waals surface area (Å²) < 4.78 is 1.11. The molecule has 3 rings (SSSR count). The highest BCUT2D eigenvalue weighted by Crippen LogP contribution is 2.32. The molecule has 1 aromatic heterocycles. The van der Waals surface area contributed by atoms with Crippen LogP contribution in [0.5, 0.6) is 5.75 Å². The molecule has 0 radical (unpaired) electrons. The summed E-state index contributed by atoms with van der Waals surface area (Å²) in [5, 5.41) is 23.6. The highest BCUT2D eigenvalue weighted by Gasteiger charge is 2.09. The van der Waals surface area contributed by atoms with Gasteiger partial charge in [0, 0.05) is 23.0 Å². The molecule has 0 saturated carbocycles. The molecule has 3 N–H and O–H groups in total. The Morgan fingerprint density at radius 2 is 1.75 bits per heavy atom. The van der Waals surface area contributed by atoms with Gasteiger partial charge in [-0.2, -0.15) is 4.73 Å². The number of benzene rings is 2. The minimum atomic E-state index is 0.269. The predicted octanol–water partition coefficient (Wildman–Crippen LogP) is 3.94. The standard InChI is InChI=1S/C16H16N2O2/c1-10-8-12(19)9-11(2)16(10)17-14-4-3-5-15-13(14)6-7-18(15)20/h3-9,17,19-20H,1-2H3. The van der Waals surface area contributed by atoms with Gasteiger partial charge < -0.3 is 15.6 Å². The lowest BCUT2D eigenvalue weighted by Crippen LogP contribution is -1.97. The lowest BCUT2D eigenvalue weighted by molar-refractivity contribution is 0.200. The van der Waals surface area contributed by atoms with Crippen molar-refractivity contribution in [3.63, 3.8) is 0 Å². The van der Waals surface area contributed by atoms with Crippen LogP contribution in [-0.2, 0) is 0 Å². The number of aromatic hydroxyl groups is 1. The number of rotatable bonds is 2. The molecule has 0 aliphatic rings. The second-order valence-electron chi connectivity index (χ2n) is 4.98. The fourth-order valence-electron chi connectivity index (χ4n) is 2.53. The smallest absolute Gasteiger partial charge is 0.116 e. The molecule has 0 amide bonds. The quantitative estimate of drug-likeness (QED) is 0.487. The molecular weight excluding hydrogens is 252 g/mol. The van der Waals surface area contributed by atoms with Crippen LogP contribution in [0, 0.1) is 13.8 Å². The van der Waals surface area contributed by atoms with Crippen LogP contribution < -0.4 is 5.32 Å². The highest BCUT2D eigenvalue weighted by atomic mass is 16.5. The summed E-state index contributed by atoms with van der Waals surface area (Å²) >= 11 is 0. The molecule has 3 aromatic rings. The molecule has 0 aliphatic carbocycles. The number of anilines is 2. The third kappa shape index (κ3) is 1.95. The van der Waals surface area contributed by atoms with Crippen LogP contribution >= 0.6 is 0 Å². The Kier molecular flexibility index (Phi) is 2.79. The average molecular weight is 268 g/mol. The van der Waals surface area contributed by atoms with E-state index in [4.69, 9.17) is 0 Å². The van der Waals surface area contributed by atoms with Gasteiger partial charge in [0.25, 0.3) is 0 Å². The number of aryl methyl sites for hydroxylation is 2. The normalized spacial score (nSPS) is 10.9. The molecule has 2 aromatic carbocycles. The molecular formula is C16H16N2O2. The molecule has 0 aliphatic heterocycles. The minimum absolute atomic E-state index is 0.269. The first-order chi connectivity index (χ1) is 9.56. The van der Waals surface area contributed by atoms with Crippen LogP contribution in [0.1, 0.15) is 11.1 Å². The molecule has 0 unspecified atom stereocenters. The summed E-state index contributed by atoms with van der Waals surface area (Å²) in [5.41, 5.74) is 4.60. The monoisotopic (exact) mass is 268 g/mol. The van der Waals surface area contributed by atoms with Gasteiger partial charge in [0.05, 0.1) is 5.52 Å². The maximum atomic E-state index is 9.70. The van der Waals surface area contributed by atoms with Crippen molar-refractivity contribution in [1.82, 2.24) is 4.73 Å². The zero-order valence-electron chi connectivity index (χ0n) is 11.4. The van der Waals surface area contributed by atoms with E-state index in [-0.39, 0.29) is 5.75 Å². The molecule has 0 atom stereocenters. The Bertz CT molecular complexity index is 767. The SMILES string of the molecule is Cc1cc(O)cc(C)c1Nc1cccc2c1ccn2O. The summed E-state index contributed by atoms with van der Waals surface area (Å²) in [7, 11) is 0. The van der Waals surface area contributed by atoms with Crippen molar-refractivity contribution in [3.05, 3.63) is 53.7 Å². The first-order valence-electron chi connectivity index (χ1n) is 6.43. The van der Waals surface area contributed by atoms with E-state index in [0.29, 0.717) is 0 Å². The Balaban J connectivity index is 2.10. The van der Waals surface area contributed by atoms with Crippen molar-refractivity contribution in [3.8, 4) is 5.75 Å². The number of phenolic OH excluding ortho intramolecular Hbond substituents is 1. The largest absolute Gasteiger partial charge is 0.508 e. The molecule has 0 saturated heterocycles. The summed E-state index contributed by atoms with van der Waals surface area (Å²) in [6.07, 6.45) is 1.62. The topological polar surface area (TPSA) is 57.4 Å². The van der Waals surface area contributed by atoms with E-state index in [0.717, 1.165) is 38.1 Å². The second kappa shape index (κ2) is 4.49. The molecule has 4 nitrogen and oxygen atoms in total. The zero-order chi connectivity index (χ0) is 14.3. The molecule has 0 spiro atoms. The Morgan fingerprint density at radius 3 is 2.45 bits per heavy atom. The van der Waals surface area contributed by atoms with E-state index < -0.39 is 0 Å². The summed E-state index contributed by atoms with van der Waals surface area (Å²) in [5.74, 6) is 0.269. The lowest BCUT2D eigenvalue weighted by Gasteiger charge is -2.14. The van der Waals surface area contributed by atoms with Crippen molar-refractivity contribution in [2.75, 3.05) is 5.32 Å². The maximum absolute atomic E-state index is 9.70. The number of nitrogens with zero attached hydrogens (tertiary/aromatic N) is 1. The molecule has 0 bridgehead atoms. The van der Waals surface area contributed by atoms with Crippen LogP contribution in [0.2, 0.25) is 0 Å². The van der Waals surface area contributed by atoms with Gasteiger partial charge in [0.15, 0.2) is 0 Å². The van der Waals surface area contributed by atoms with Crippen molar-refractivity contribution >= 4 is 22.3 Å². The average Bonchev–Trinajstić information content (AvgIpc) is 2.77. The summed E-state index contributed by atoms with van der Waals surface area (Å²) in [4.78, 5) is 0. The second-order valence-corrected chi connectivity index (χ2v) is 4.98. The van der Waals surface area contributed by atoms with E-state index in [2.05, 4.69) is 5.32 Å². The van der Waals surface area contributed by atoms with Crippen LogP contribution in [-0.4, -0.2) is 15.0 Å². The van der Waals surface area contributed by atoms with Crippen molar-refractivity contribution in [2.45, 2.75) is 13.8 Å². The number of aromatic nitrogens is 1. The van der Waals surface area contributed by atoms with Gasteiger partial charge in [-0.25, -0.2) is 0 Å². The number of nitrogens with one attached hydrogen (secondary N) is 1. The predicted molar refractivity (Wildman–Crippen MR) is 80.0 cm³/mol. The van der Waals surface area contributed by atoms with Crippen LogP contribution in [0.3, 0.4) is 0 Å². The van der Waals surface area contributed by atoms with Crippen molar-refractivity contribution in [1.29, 1.82) is 0 Å². The molecule has 0 fully saturated rings. The Labute approximate surface area is 116 Å². The number of phenols is 1. The number of hydrogen-bond donors (Lipinski definition) is 3. The van der Waals surface area contributed by atoms with Gasteiger partial charge in [-0.1, -0.05) is 6.07 Å². The first kappa shape index (κ1) is 12.4. The van der Waals surface area contributed by atoms with Crippen molar-refractivity contribution < 1.29 is 10.3 Å².